The van der Waals surface area contributed by atoms with Crippen molar-refractivity contribution in [1.29, 1.82) is 0 Å². The Kier molecular flexibility index (Phi) is 9.28. The Morgan fingerprint density at radius 1 is 1.10 bits per heavy atom. The molecule has 0 fully saturated rings. The number of nitro groups is 1. The maximum atomic E-state index is 12.1. The van der Waals surface area contributed by atoms with E-state index >= 15 is 0 Å². The third-order valence-corrected chi connectivity index (χ3v) is 4.43. The van der Waals surface area contributed by atoms with Gasteiger partial charge in [0.2, 0.25) is 0 Å². The zero-order chi connectivity index (χ0) is 22.6. The first kappa shape index (κ1) is 23.7. The van der Waals surface area contributed by atoms with Crippen LogP contribution in [-0.2, 0) is 6.42 Å². The Morgan fingerprint density at radius 2 is 1.87 bits per heavy atom. The number of nitro benzene ring substituents is 1. The van der Waals surface area contributed by atoms with Crippen molar-refractivity contribution in [2.75, 3.05) is 45.6 Å². The van der Waals surface area contributed by atoms with Gasteiger partial charge in [0.15, 0.2) is 5.96 Å². The molecule has 3 N–H and O–H groups in total. The summed E-state index contributed by atoms with van der Waals surface area (Å²) in [6.45, 7) is 4.32. The highest BCUT2D eigenvalue weighted by atomic mass is 16.6. The van der Waals surface area contributed by atoms with Gasteiger partial charge < -0.3 is 20.9 Å². The molecule has 0 saturated heterocycles. The zero-order valence-corrected chi connectivity index (χ0v) is 18.2. The number of hydrogen-bond donors (Lipinski definition) is 3. The lowest BCUT2D eigenvalue weighted by Gasteiger charge is -2.13. The van der Waals surface area contributed by atoms with Gasteiger partial charge in [0.1, 0.15) is 5.69 Å². The number of nitrogens with one attached hydrogen (secondary N) is 3. The van der Waals surface area contributed by atoms with Gasteiger partial charge in [0.05, 0.1) is 4.92 Å². The van der Waals surface area contributed by atoms with Crippen LogP contribution < -0.4 is 16.0 Å². The van der Waals surface area contributed by atoms with Gasteiger partial charge in [-0.1, -0.05) is 24.3 Å². The van der Waals surface area contributed by atoms with E-state index in [0.717, 1.165) is 12.1 Å². The number of carbonyl (C=O) groups excluding carboxylic acids is 1. The Labute approximate surface area is 182 Å². The Morgan fingerprint density at radius 3 is 2.58 bits per heavy atom. The predicted octanol–water partition coefficient (Wildman–Crippen LogP) is 2.51. The van der Waals surface area contributed by atoms with Crippen molar-refractivity contribution in [1.82, 2.24) is 15.5 Å². The summed E-state index contributed by atoms with van der Waals surface area (Å²) in [6.07, 6.45) is 0.708. The van der Waals surface area contributed by atoms with Crippen molar-refractivity contribution in [3.63, 3.8) is 0 Å². The lowest BCUT2D eigenvalue weighted by molar-refractivity contribution is -0.384. The summed E-state index contributed by atoms with van der Waals surface area (Å²) in [4.78, 5) is 28.9. The molecule has 0 unspecified atom stereocenters. The topological polar surface area (TPSA) is 112 Å². The van der Waals surface area contributed by atoms with Crippen LogP contribution in [0, 0.1) is 10.1 Å². The minimum Gasteiger partial charge on any atom is -0.378 e. The molecule has 0 spiro atoms. The molecule has 0 aliphatic rings. The molecule has 0 radical (unpaired) electrons. The molecule has 0 aliphatic heterocycles. The van der Waals surface area contributed by atoms with E-state index < -0.39 is 4.92 Å². The van der Waals surface area contributed by atoms with Gasteiger partial charge in [-0.25, -0.2) is 0 Å². The van der Waals surface area contributed by atoms with Crippen LogP contribution in [0.25, 0.3) is 0 Å². The van der Waals surface area contributed by atoms with E-state index in [1.807, 2.05) is 31.2 Å². The van der Waals surface area contributed by atoms with Gasteiger partial charge in [-0.15, -0.1) is 0 Å². The monoisotopic (exact) mass is 426 g/mol. The average Bonchev–Trinajstić information content (AvgIpc) is 2.76. The van der Waals surface area contributed by atoms with E-state index in [9.17, 15) is 14.9 Å². The number of carbonyl (C=O) groups is 1. The normalized spacial score (nSPS) is 11.0. The van der Waals surface area contributed by atoms with E-state index in [2.05, 4.69) is 20.9 Å². The number of para-hydroxylation sites is 2. The highest BCUT2D eigenvalue weighted by Crippen LogP contribution is 2.22. The maximum Gasteiger partial charge on any atom is 0.292 e. The molecule has 31 heavy (non-hydrogen) atoms. The van der Waals surface area contributed by atoms with E-state index in [-0.39, 0.29) is 11.6 Å². The van der Waals surface area contributed by atoms with Crippen LogP contribution >= 0.6 is 0 Å². The second kappa shape index (κ2) is 12.2. The summed E-state index contributed by atoms with van der Waals surface area (Å²) < 4.78 is 0. The third kappa shape index (κ3) is 7.61. The van der Waals surface area contributed by atoms with Gasteiger partial charge in [0.25, 0.3) is 11.6 Å². The SMILES string of the molecule is CCNC(=NCCc1cccc(C(=O)N(C)C)c1)NCCNc1ccccc1[N+](=O)[O-]. The third-order valence-electron chi connectivity index (χ3n) is 4.43. The van der Waals surface area contributed by atoms with Crippen LogP contribution in [0.2, 0.25) is 0 Å². The Bertz CT molecular complexity index is 914. The fraction of sp³-hybridized carbons (Fsp3) is 0.364. The molecule has 0 aliphatic carbocycles. The van der Waals surface area contributed by atoms with Gasteiger partial charge in [-0.05, 0) is 37.1 Å². The summed E-state index contributed by atoms with van der Waals surface area (Å²) >= 11 is 0. The number of nitrogens with zero attached hydrogens (tertiary/aromatic N) is 3. The summed E-state index contributed by atoms with van der Waals surface area (Å²) in [5, 5.41) is 20.6. The van der Waals surface area contributed by atoms with Gasteiger partial charge in [0, 0.05) is 51.9 Å². The molecule has 1 amide bonds. The molecule has 0 atom stereocenters. The fourth-order valence-corrected chi connectivity index (χ4v) is 2.92. The Hall–Kier alpha value is -3.62. The molecule has 166 valence electrons. The van der Waals surface area contributed by atoms with Crippen LogP contribution in [-0.4, -0.2) is 62.0 Å². The minimum absolute atomic E-state index is 0.0218. The first-order chi connectivity index (χ1) is 14.9. The number of rotatable bonds is 10. The molecule has 9 heteroatoms. The summed E-state index contributed by atoms with van der Waals surface area (Å²) in [5.74, 6) is 0.652. The molecule has 2 aromatic carbocycles. The average molecular weight is 427 g/mol. The van der Waals surface area contributed by atoms with Crippen LogP contribution in [0.5, 0.6) is 0 Å². The number of anilines is 1. The molecule has 0 heterocycles. The first-order valence-corrected chi connectivity index (χ1v) is 10.2. The summed E-state index contributed by atoms with van der Waals surface area (Å²) in [5.41, 5.74) is 2.25. The fourth-order valence-electron chi connectivity index (χ4n) is 2.92. The number of hydrogen-bond acceptors (Lipinski definition) is 5. The lowest BCUT2D eigenvalue weighted by atomic mass is 10.1. The van der Waals surface area contributed by atoms with Crippen molar-refractivity contribution in [3.05, 3.63) is 69.8 Å². The van der Waals surface area contributed by atoms with Crippen molar-refractivity contribution < 1.29 is 9.72 Å². The maximum absolute atomic E-state index is 12.1. The minimum atomic E-state index is -0.400. The number of benzene rings is 2. The number of amides is 1. The van der Waals surface area contributed by atoms with Gasteiger partial charge in [-0.2, -0.15) is 0 Å². The summed E-state index contributed by atoms with van der Waals surface area (Å²) in [7, 11) is 3.47. The molecule has 0 saturated carbocycles. The standard InChI is InChI=1S/C22H30N6O3/c1-4-23-22(26-15-14-24-19-10-5-6-11-20(19)28(30)31)25-13-12-17-8-7-9-18(16-17)21(29)27(2)3/h5-11,16,24H,4,12-15H2,1-3H3,(H2,23,25,26). The number of aliphatic imine (C=N–C) groups is 1. The molecule has 0 aromatic heterocycles. The van der Waals surface area contributed by atoms with Crippen LogP contribution in [0.1, 0.15) is 22.8 Å². The number of guanidine groups is 1. The molecular weight excluding hydrogens is 396 g/mol. The Balaban J connectivity index is 1.86. The van der Waals surface area contributed by atoms with Crippen molar-refractivity contribution in [2.24, 2.45) is 4.99 Å². The van der Waals surface area contributed by atoms with E-state index in [1.54, 1.807) is 37.2 Å². The first-order valence-electron chi connectivity index (χ1n) is 10.2. The predicted molar refractivity (Wildman–Crippen MR) is 124 cm³/mol. The molecular formula is C22H30N6O3. The van der Waals surface area contributed by atoms with Crippen LogP contribution in [0.3, 0.4) is 0 Å². The van der Waals surface area contributed by atoms with Gasteiger partial charge >= 0.3 is 0 Å². The molecule has 0 bridgehead atoms. The quantitative estimate of drug-likeness (QED) is 0.177. The molecule has 2 aromatic rings. The van der Waals surface area contributed by atoms with E-state index in [4.69, 9.17) is 0 Å². The van der Waals surface area contributed by atoms with Crippen LogP contribution in [0.15, 0.2) is 53.5 Å². The molecule has 2 rings (SSSR count). The van der Waals surface area contributed by atoms with Crippen molar-refractivity contribution in [3.8, 4) is 0 Å². The van der Waals surface area contributed by atoms with E-state index in [0.29, 0.717) is 43.3 Å². The highest BCUT2D eigenvalue weighted by molar-refractivity contribution is 5.94. The second-order valence-corrected chi connectivity index (χ2v) is 7.04. The second-order valence-electron chi connectivity index (χ2n) is 7.04. The lowest BCUT2D eigenvalue weighted by Crippen LogP contribution is -2.39. The zero-order valence-electron chi connectivity index (χ0n) is 18.2. The van der Waals surface area contributed by atoms with E-state index in [1.165, 1.54) is 6.07 Å². The molecule has 9 nitrogen and oxygen atoms in total. The summed E-state index contributed by atoms with van der Waals surface area (Å²) in [6, 6.07) is 14.1. The van der Waals surface area contributed by atoms with Crippen molar-refractivity contribution >= 4 is 23.2 Å². The smallest absolute Gasteiger partial charge is 0.292 e. The van der Waals surface area contributed by atoms with Crippen LogP contribution in [0.4, 0.5) is 11.4 Å². The highest BCUT2D eigenvalue weighted by Gasteiger charge is 2.11. The van der Waals surface area contributed by atoms with Crippen molar-refractivity contribution in [2.45, 2.75) is 13.3 Å². The largest absolute Gasteiger partial charge is 0.378 e. The van der Waals surface area contributed by atoms with Gasteiger partial charge in [-0.3, -0.25) is 19.9 Å².